The van der Waals surface area contributed by atoms with Gasteiger partial charge >= 0.3 is 5.82 Å². The van der Waals surface area contributed by atoms with Crippen molar-refractivity contribution in [3.63, 3.8) is 0 Å². The Labute approximate surface area is 73.9 Å². The first-order valence-electron chi connectivity index (χ1n) is 3.29. The Morgan fingerprint density at radius 3 is 2.50 bits per heavy atom. The number of thioether (sulfide) groups is 1. The van der Waals surface area contributed by atoms with Gasteiger partial charge in [0.2, 0.25) is 0 Å². The molecule has 1 rings (SSSR count). The van der Waals surface area contributed by atoms with E-state index in [1.807, 2.05) is 6.26 Å². The lowest BCUT2D eigenvalue weighted by atomic mass is 10.5. The predicted octanol–water partition coefficient (Wildman–Crippen LogP) is 1.36. The van der Waals surface area contributed by atoms with Crippen LogP contribution in [0.3, 0.4) is 0 Å². The van der Waals surface area contributed by atoms with E-state index in [1.54, 1.807) is 18.5 Å². The molecular weight excluding hydrogens is 178 g/mol. The quantitative estimate of drug-likeness (QED) is 0.398. The molecule has 0 radical (unpaired) electrons. The van der Waals surface area contributed by atoms with Crippen LogP contribution in [0.4, 0.5) is 5.82 Å². The molecule has 0 amide bonds. The highest BCUT2D eigenvalue weighted by molar-refractivity contribution is 7.98. The first-order valence-corrected chi connectivity index (χ1v) is 4.52. The minimum absolute atomic E-state index is 0.0538. The molecule has 0 saturated carbocycles. The van der Waals surface area contributed by atoms with Gasteiger partial charge in [-0.15, -0.1) is 0 Å². The van der Waals surface area contributed by atoms with Gasteiger partial charge in [-0.3, -0.25) is 4.57 Å². The van der Waals surface area contributed by atoms with Crippen molar-refractivity contribution in [1.29, 1.82) is 0 Å². The van der Waals surface area contributed by atoms with Crippen LogP contribution in [-0.4, -0.2) is 20.7 Å². The average Bonchev–Trinajstić information content (AvgIpc) is 2.30. The van der Waals surface area contributed by atoms with Crippen LogP contribution in [0.1, 0.15) is 5.69 Å². The van der Waals surface area contributed by atoms with Gasteiger partial charge in [-0.05, 0) is 23.1 Å². The van der Waals surface area contributed by atoms with Crippen molar-refractivity contribution in [3.05, 3.63) is 15.8 Å². The smallest absolute Gasteiger partial charge is 0.358 e. The zero-order chi connectivity index (χ0) is 9.30. The molecule has 1 aromatic rings. The summed E-state index contributed by atoms with van der Waals surface area (Å²) in [7, 11) is 1.77. The number of hydrogen-bond acceptors (Lipinski definition) is 4. The van der Waals surface area contributed by atoms with Gasteiger partial charge in [0.15, 0.2) is 0 Å². The molecule has 0 unspecified atom stereocenters. The lowest BCUT2D eigenvalue weighted by molar-refractivity contribution is -0.390. The number of nitrogens with zero attached hydrogens (tertiary/aromatic N) is 3. The molecule has 0 saturated heterocycles. The highest BCUT2D eigenvalue weighted by atomic mass is 32.2. The largest absolute Gasteiger partial charge is 0.385 e. The summed E-state index contributed by atoms with van der Waals surface area (Å²) < 4.78 is 1.71. The van der Waals surface area contributed by atoms with Crippen molar-refractivity contribution in [1.82, 2.24) is 9.55 Å². The fourth-order valence-corrected chi connectivity index (χ4v) is 1.48. The van der Waals surface area contributed by atoms with Gasteiger partial charge in [-0.2, -0.15) is 0 Å². The summed E-state index contributed by atoms with van der Waals surface area (Å²) in [4.78, 5) is 13.8. The van der Waals surface area contributed by atoms with E-state index in [1.165, 1.54) is 11.8 Å². The van der Waals surface area contributed by atoms with E-state index in [2.05, 4.69) is 4.98 Å². The molecule has 12 heavy (non-hydrogen) atoms. The van der Waals surface area contributed by atoms with Crippen LogP contribution in [0.5, 0.6) is 0 Å². The van der Waals surface area contributed by atoms with Crippen LogP contribution in [0.25, 0.3) is 0 Å². The monoisotopic (exact) mass is 187 g/mol. The second kappa shape index (κ2) is 3.14. The molecule has 6 heteroatoms. The van der Waals surface area contributed by atoms with E-state index >= 15 is 0 Å². The maximum absolute atomic E-state index is 10.4. The minimum atomic E-state index is -0.463. The minimum Gasteiger partial charge on any atom is -0.358 e. The van der Waals surface area contributed by atoms with Crippen LogP contribution >= 0.6 is 11.8 Å². The van der Waals surface area contributed by atoms with Crippen molar-refractivity contribution >= 4 is 17.6 Å². The molecule has 0 aromatic carbocycles. The standard InChI is InChI=1S/C6H9N3O2S/c1-4-5(9(10)11)7-6(12-3)8(4)2/h1-3H3. The van der Waals surface area contributed by atoms with Gasteiger partial charge in [-0.1, -0.05) is 11.8 Å². The lowest BCUT2D eigenvalue weighted by Crippen LogP contribution is -1.94. The molecule has 1 heterocycles. The Kier molecular flexibility index (Phi) is 2.37. The Balaban J connectivity index is 3.25. The second-order valence-electron chi connectivity index (χ2n) is 2.32. The summed E-state index contributed by atoms with van der Waals surface area (Å²) in [5.41, 5.74) is 0.587. The summed E-state index contributed by atoms with van der Waals surface area (Å²) in [5, 5.41) is 11.1. The third-order valence-corrected chi connectivity index (χ3v) is 2.40. The molecular formula is C6H9N3O2S. The first kappa shape index (κ1) is 9.05. The summed E-state index contributed by atoms with van der Waals surface area (Å²) in [6, 6.07) is 0. The molecule has 0 aliphatic carbocycles. The topological polar surface area (TPSA) is 61.0 Å². The molecule has 5 nitrogen and oxygen atoms in total. The van der Waals surface area contributed by atoms with E-state index in [0.717, 1.165) is 0 Å². The van der Waals surface area contributed by atoms with Gasteiger partial charge < -0.3 is 10.1 Å². The normalized spacial score (nSPS) is 10.2. The first-order chi connectivity index (χ1) is 5.57. The fraction of sp³-hybridized carbons (Fsp3) is 0.500. The van der Waals surface area contributed by atoms with Gasteiger partial charge in [0.05, 0.1) is 0 Å². The maximum Gasteiger partial charge on any atom is 0.385 e. The Morgan fingerprint density at radius 2 is 2.25 bits per heavy atom. The molecule has 0 aliphatic rings. The van der Waals surface area contributed by atoms with Gasteiger partial charge in [0, 0.05) is 7.05 Å². The van der Waals surface area contributed by atoms with Crippen LogP contribution in [-0.2, 0) is 7.05 Å². The molecule has 0 aliphatic heterocycles. The van der Waals surface area contributed by atoms with Crippen molar-refractivity contribution in [3.8, 4) is 0 Å². The zero-order valence-corrected chi connectivity index (χ0v) is 7.88. The molecule has 66 valence electrons. The van der Waals surface area contributed by atoms with Gasteiger partial charge in [-0.25, -0.2) is 0 Å². The highest BCUT2D eigenvalue weighted by Gasteiger charge is 2.21. The zero-order valence-electron chi connectivity index (χ0n) is 7.07. The summed E-state index contributed by atoms with van der Waals surface area (Å²) in [5.74, 6) is -0.0538. The molecule has 0 N–H and O–H groups in total. The number of aromatic nitrogens is 2. The molecule has 1 aromatic heterocycles. The van der Waals surface area contributed by atoms with E-state index < -0.39 is 4.92 Å². The molecule has 0 atom stereocenters. The van der Waals surface area contributed by atoms with E-state index in [-0.39, 0.29) is 5.82 Å². The third kappa shape index (κ3) is 1.29. The van der Waals surface area contributed by atoms with Crippen LogP contribution in [0, 0.1) is 17.0 Å². The summed E-state index contributed by atoms with van der Waals surface area (Å²) >= 11 is 1.40. The van der Waals surface area contributed by atoms with E-state index in [4.69, 9.17) is 0 Å². The van der Waals surface area contributed by atoms with Crippen LogP contribution in [0.2, 0.25) is 0 Å². The van der Waals surface area contributed by atoms with Gasteiger partial charge in [0.25, 0.3) is 5.16 Å². The Hall–Kier alpha value is -1.04. The van der Waals surface area contributed by atoms with Crippen LogP contribution < -0.4 is 0 Å². The highest BCUT2D eigenvalue weighted by Crippen LogP contribution is 2.22. The maximum atomic E-state index is 10.4. The number of nitro groups is 1. The predicted molar refractivity (Wildman–Crippen MR) is 46.4 cm³/mol. The molecule has 0 fully saturated rings. The fourth-order valence-electron chi connectivity index (χ4n) is 0.895. The van der Waals surface area contributed by atoms with Crippen molar-refractivity contribution in [2.24, 2.45) is 7.05 Å². The summed E-state index contributed by atoms with van der Waals surface area (Å²) in [6.45, 7) is 1.69. The van der Waals surface area contributed by atoms with Crippen molar-refractivity contribution < 1.29 is 4.92 Å². The van der Waals surface area contributed by atoms with E-state index in [9.17, 15) is 10.1 Å². The van der Waals surface area contributed by atoms with Gasteiger partial charge in [0.1, 0.15) is 5.69 Å². The SMILES string of the molecule is CSc1nc([N+](=O)[O-])c(C)n1C. The summed E-state index contributed by atoms with van der Waals surface area (Å²) in [6.07, 6.45) is 1.84. The lowest BCUT2D eigenvalue weighted by Gasteiger charge is -1.93. The molecule has 0 bridgehead atoms. The Morgan fingerprint density at radius 1 is 1.67 bits per heavy atom. The molecule has 0 spiro atoms. The number of imidazole rings is 1. The van der Waals surface area contributed by atoms with E-state index in [0.29, 0.717) is 10.9 Å². The average molecular weight is 187 g/mol. The Bertz CT molecular complexity index is 321. The number of rotatable bonds is 2. The van der Waals surface area contributed by atoms with Crippen molar-refractivity contribution in [2.45, 2.75) is 12.1 Å². The number of hydrogen-bond donors (Lipinski definition) is 0. The second-order valence-corrected chi connectivity index (χ2v) is 3.10. The van der Waals surface area contributed by atoms with Crippen LogP contribution in [0.15, 0.2) is 5.16 Å². The van der Waals surface area contributed by atoms with Crippen molar-refractivity contribution in [2.75, 3.05) is 6.26 Å². The third-order valence-electron chi connectivity index (χ3n) is 1.67.